The molecule has 0 radical (unpaired) electrons. The number of aromatic nitrogens is 2. The van der Waals surface area contributed by atoms with Crippen molar-refractivity contribution in [2.45, 2.75) is 39.3 Å². The van der Waals surface area contributed by atoms with E-state index in [2.05, 4.69) is 16.9 Å². The fraction of sp³-hybridized carbons (Fsp3) is 0.333. The van der Waals surface area contributed by atoms with Gasteiger partial charge in [0.15, 0.2) is 17.1 Å². The topological polar surface area (TPSA) is 44.1 Å². The summed E-state index contributed by atoms with van der Waals surface area (Å²) < 4.78 is 20.7. The second kappa shape index (κ2) is 6.66. The van der Waals surface area contributed by atoms with E-state index >= 15 is 0 Å². The predicted octanol–water partition coefficient (Wildman–Crippen LogP) is 3.59. The molecule has 1 aromatic heterocycles. The number of nitrogens with zero attached hydrogens (tertiary/aromatic N) is 2. The molecule has 0 bridgehead atoms. The van der Waals surface area contributed by atoms with Crippen LogP contribution in [-0.2, 0) is 4.74 Å². The van der Waals surface area contributed by atoms with Gasteiger partial charge in [-0.2, -0.15) is 5.10 Å². The Morgan fingerprint density at radius 3 is 2.61 bits per heavy atom. The highest BCUT2D eigenvalue weighted by Gasteiger charge is 2.28. The molecule has 2 rings (SSSR count). The summed E-state index contributed by atoms with van der Waals surface area (Å²) in [4.78, 5) is 12.4. The number of halogens is 1. The quantitative estimate of drug-likeness (QED) is 0.640. The first-order valence-electron chi connectivity index (χ1n) is 7.31. The zero-order chi connectivity index (χ0) is 17.0. The molecule has 0 N–H and O–H groups in total. The molecule has 1 atom stereocenters. The lowest BCUT2D eigenvalue weighted by Crippen LogP contribution is -2.28. The Bertz CT molecular complexity index is 754. The monoisotopic (exact) mass is 314 g/mol. The Balaban J connectivity index is 2.35. The summed E-state index contributed by atoms with van der Waals surface area (Å²) in [6.45, 7) is 6.80. The summed E-state index contributed by atoms with van der Waals surface area (Å²) in [6, 6.07) is 9.13. The minimum Gasteiger partial charge on any atom is -0.442 e. The molecule has 0 aliphatic rings. The van der Waals surface area contributed by atoms with E-state index in [1.807, 2.05) is 37.3 Å². The van der Waals surface area contributed by atoms with Crippen molar-refractivity contribution in [1.82, 2.24) is 9.78 Å². The fourth-order valence-electron chi connectivity index (χ4n) is 2.31. The van der Waals surface area contributed by atoms with Gasteiger partial charge in [0.25, 0.3) is 0 Å². The van der Waals surface area contributed by atoms with Crippen molar-refractivity contribution in [2.24, 2.45) is 0 Å². The largest absolute Gasteiger partial charge is 0.442 e. The zero-order valence-corrected chi connectivity index (χ0v) is 13.6. The highest BCUT2D eigenvalue weighted by molar-refractivity contribution is 5.88. The average molecular weight is 314 g/mol. The SMILES string of the molecule is CC#CC(C)(C)OC(=O)c1c(F)cnn1[C@H](C)c1ccccc1. The van der Waals surface area contributed by atoms with Crippen LogP contribution in [0.3, 0.4) is 0 Å². The standard InChI is InChI=1S/C18H19FN2O2/c1-5-11-18(3,4)23-17(22)16-15(19)12-20-21(16)13(2)14-9-7-6-8-10-14/h6-10,12-13H,1-4H3/t13-/m1/s1. The fourth-order valence-corrected chi connectivity index (χ4v) is 2.31. The molecular formula is C18H19FN2O2. The maximum Gasteiger partial charge on any atom is 0.361 e. The van der Waals surface area contributed by atoms with Gasteiger partial charge in [-0.25, -0.2) is 13.9 Å². The number of rotatable bonds is 4. The van der Waals surface area contributed by atoms with E-state index in [1.165, 1.54) is 4.68 Å². The molecule has 0 saturated carbocycles. The summed E-state index contributed by atoms with van der Waals surface area (Å²) >= 11 is 0. The van der Waals surface area contributed by atoms with Crippen LogP contribution in [0.25, 0.3) is 0 Å². The second-order valence-electron chi connectivity index (χ2n) is 5.65. The number of hydrogen-bond acceptors (Lipinski definition) is 3. The molecule has 0 fully saturated rings. The minimum atomic E-state index is -0.997. The summed E-state index contributed by atoms with van der Waals surface area (Å²) in [5, 5.41) is 3.99. The molecule has 1 heterocycles. The summed E-state index contributed by atoms with van der Waals surface area (Å²) in [6.07, 6.45) is 1.02. The molecule has 1 aromatic carbocycles. The summed E-state index contributed by atoms with van der Waals surface area (Å²) in [7, 11) is 0. The Labute approximate surface area is 135 Å². The molecule has 0 spiro atoms. The first kappa shape index (κ1) is 16.8. The van der Waals surface area contributed by atoms with Gasteiger partial charge in [0.1, 0.15) is 0 Å². The highest BCUT2D eigenvalue weighted by atomic mass is 19.1. The normalized spacial score (nSPS) is 12.2. The second-order valence-corrected chi connectivity index (χ2v) is 5.65. The Hall–Kier alpha value is -2.61. The average Bonchev–Trinajstić information content (AvgIpc) is 2.88. The van der Waals surface area contributed by atoms with Crippen molar-refractivity contribution in [2.75, 3.05) is 0 Å². The van der Waals surface area contributed by atoms with E-state index in [0.29, 0.717) is 0 Å². The molecule has 4 nitrogen and oxygen atoms in total. The van der Waals surface area contributed by atoms with Crippen LogP contribution in [0.5, 0.6) is 0 Å². The highest BCUT2D eigenvalue weighted by Crippen LogP contribution is 2.22. The minimum absolute atomic E-state index is 0.202. The van der Waals surface area contributed by atoms with Crippen LogP contribution in [-0.4, -0.2) is 21.4 Å². The van der Waals surface area contributed by atoms with E-state index in [-0.39, 0.29) is 11.7 Å². The molecular weight excluding hydrogens is 295 g/mol. The molecule has 120 valence electrons. The van der Waals surface area contributed by atoms with Crippen molar-refractivity contribution in [3.8, 4) is 11.8 Å². The van der Waals surface area contributed by atoms with E-state index in [1.54, 1.807) is 20.8 Å². The van der Waals surface area contributed by atoms with Crippen LogP contribution in [0.1, 0.15) is 49.8 Å². The van der Waals surface area contributed by atoms with Gasteiger partial charge in [-0.15, -0.1) is 5.92 Å². The summed E-state index contributed by atoms with van der Waals surface area (Å²) in [5.41, 5.74) is -0.284. The smallest absolute Gasteiger partial charge is 0.361 e. The number of benzene rings is 1. The number of carbonyl (C=O) groups is 1. The van der Waals surface area contributed by atoms with Crippen LogP contribution in [0.2, 0.25) is 0 Å². The molecule has 23 heavy (non-hydrogen) atoms. The third-order valence-electron chi connectivity index (χ3n) is 3.37. The number of esters is 1. The Morgan fingerprint density at radius 1 is 1.35 bits per heavy atom. The van der Waals surface area contributed by atoms with Crippen molar-refractivity contribution >= 4 is 5.97 Å². The molecule has 0 amide bonds. The van der Waals surface area contributed by atoms with Crippen LogP contribution in [0.4, 0.5) is 4.39 Å². The zero-order valence-electron chi connectivity index (χ0n) is 13.6. The summed E-state index contributed by atoms with van der Waals surface area (Å²) in [5.74, 6) is 3.97. The molecule has 0 aliphatic carbocycles. The van der Waals surface area contributed by atoms with Gasteiger partial charge in [-0.05, 0) is 33.3 Å². The van der Waals surface area contributed by atoms with Crippen LogP contribution in [0, 0.1) is 17.7 Å². The van der Waals surface area contributed by atoms with Gasteiger partial charge >= 0.3 is 5.97 Å². The lowest BCUT2D eigenvalue weighted by Gasteiger charge is -2.20. The van der Waals surface area contributed by atoms with Gasteiger partial charge < -0.3 is 4.74 Å². The van der Waals surface area contributed by atoms with Gasteiger partial charge in [0.2, 0.25) is 0 Å². The van der Waals surface area contributed by atoms with Crippen molar-refractivity contribution in [1.29, 1.82) is 0 Å². The Morgan fingerprint density at radius 2 is 2.00 bits per heavy atom. The lowest BCUT2D eigenvalue weighted by atomic mass is 10.1. The van der Waals surface area contributed by atoms with Crippen molar-refractivity contribution < 1.29 is 13.9 Å². The molecule has 5 heteroatoms. The molecule has 0 aliphatic heterocycles. The first-order chi connectivity index (χ1) is 10.9. The van der Waals surface area contributed by atoms with Crippen molar-refractivity contribution in [3.05, 3.63) is 53.6 Å². The van der Waals surface area contributed by atoms with Crippen LogP contribution in [0.15, 0.2) is 36.5 Å². The van der Waals surface area contributed by atoms with Crippen molar-refractivity contribution in [3.63, 3.8) is 0 Å². The molecule has 2 aromatic rings. The van der Waals surface area contributed by atoms with Crippen LogP contribution >= 0.6 is 0 Å². The van der Waals surface area contributed by atoms with E-state index in [4.69, 9.17) is 4.74 Å². The van der Waals surface area contributed by atoms with E-state index < -0.39 is 17.4 Å². The molecule has 0 unspecified atom stereocenters. The third kappa shape index (κ3) is 3.78. The van der Waals surface area contributed by atoms with Crippen LogP contribution < -0.4 is 0 Å². The van der Waals surface area contributed by atoms with E-state index in [9.17, 15) is 9.18 Å². The van der Waals surface area contributed by atoms with Gasteiger partial charge in [-0.3, -0.25) is 0 Å². The van der Waals surface area contributed by atoms with Gasteiger partial charge in [0, 0.05) is 0 Å². The first-order valence-corrected chi connectivity index (χ1v) is 7.31. The number of ether oxygens (including phenoxy) is 1. The van der Waals surface area contributed by atoms with Gasteiger partial charge in [0.05, 0.1) is 12.2 Å². The van der Waals surface area contributed by atoms with Gasteiger partial charge in [-0.1, -0.05) is 36.3 Å². The number of carbonyl (C=O) groups excluding carboxylic acids is 1. The molecule has 0 saturated heterocycles. The maximum absolute atomic E-state index is 14.1. The predicted molar refractivity (Wildman–Crippen MR) is 85.4 cm³/mol. The maximum atomic E-state index is 14.1. The number of hydrogen-bond donors (Lipinski definition) is 0. The van der Waals surface area contributed by atoms with E-state index in [0.717, 1.165) is 11.8 Å². The lowest BCUT2D eigenvalue weighted by molar-refractivity contribution is 0.0183. The Kier molecular flexibility index (Phi) is 4.85. The third-order valence-corrected chi connectivity index (χ3v) is 3.37.